The molecule has 0 aromatic carbocycles. The molecule has 1 nitrogen and oxygen atoms in total. The maximum Gasteiger partial charge on any atom is 0.137 e. The Morgan fingerprint density at radius 2 is 2.05 bits per heavy atom. The molecule has 114 valence electrons. The van der Waals surface area contributed by atoms with Crippen LogP contribution in [0.25, 0.3) is 0 Å². The van der Waals surface area contributed by atoms with Crippen molar-refractivity contribution in [2.75, 3.05) is 0 Å². The van der Waals surface area contributed by atoms with Crippen molar-refractivity contribution in [2.45, 2.75) is 58.8 Å². The average molecular weight is 305 g/mol. The van der Waals surface area contributed by atoms with E-state index in [4.69, 9.17) is 11.6 Å². The first-order valence-electron chi connectivity index (χ1n) is 8.51. The van der Waals surface area contributed by atoms with Crippen molar-refractivity contribution in [1.82, 2.24) is 0 Å². The minimum absolute atomic E-state index is 0.192. The summed E-state index contributed by atoms with van der Waals surface area (Å²) in [5, 5.41) is 1.03. The van der Waals surface area contributed by atoms with Crippen LogP contribution in [0.4, 0.5) is 0 Å². The molecule has 2 fully saturated rings. The van der Waals surface area contributed by atoms with Crippen LogP contribution in [-0.2, 0) is 4.79 Å². The summed E-state index contributed by atoms with van der Waals surface area (Å²) in [6, 6.07) is 0. The topological polar surface area (TPSA) is 17.1 Å². The van der Waals surface area contributed by atoms with Crippen molar-refractivity contribution in [1.29, 1.82) is 0 Å². The van der Waals surface area contributed by atoms with E-state index in [9.17, 15) is 4.79 Å². The van der Waals surface area contributed by atoms with Gasteiger partial charge in [0.1, 0.15) is 5.78 Å². The molecule has 0 saturated heterocycles. The van der Waals surface area contributed by atoms with Gasteiger partial charge in [-0.05, 0) is 66.3 Å². The summed E-state index contributed by atoms with van der Waals surface area (Å²) in [4.78, 5) is 11.9. The Hall–Kier alpha value is -0.560. The Balaban J connectivity index is 1.75. The molecule has 0 N–H and O–H groups in total. The summed E-state index contributed by atoms with van der Waals surface area (Å²) in [5.74, 6) is 2.61. The van der Waals surface area contributed by atoms with Gasteiger partial charge in [-0.1, -0.05) is 37.6 Å². The van der Waals surface area contributed by atoms with Crippen molar-refractivity contribution >= 4 is 17.4 Å². The van der Waals surface area contributed by atoms with Crippen LogP contribution < -0.4 is 0 Å². The van der Waals surface area contributed by atoms with Crippen LogP contribution in [0.15, 0.2) is 22.8 Å². The fraction of sp³-hybridized carbons (Fsp3) is 0.737. The number of ketones is 1. The van der Waals surface area contributed by atoms with E-state index < -0.39 is 0 Å². The van der Waals surface area contributed by atoms with Gasteiger partial charge in [0.2, 0.25) is 0 Å². The zero-order chi connectivity index (χ0) is 14.8. The summed E-state index contributed by atoms with van der Waals surface area (Å²) in [6.07, 6.45) is 12.1. The van der Waals surface area contributed by atoms with Gasteiger partial charge in [0.15, 0.2) is 0 Å². The highest BCUT2D eigenvalue weighted by Crippen LogP contribution is 2.64. The molecule has 4 aliphatic rings. The first-order chi connectivity index (χ1) is 9.94. The number of allylic oxidation sites excluding steroid dienone is 4. The van der Waals surface area contributed by atoms with Crippen LogP contribution in [0.5, 0.6) is 0 Å². The minimum Gasteiger partial charge on any atom is -0.299 e. The van der Waals surface area contributed by atoms with Gasteiger partial charge in [-0.3, -0.25) is 4.79 Å². The van der Waals surface area contributed by atoms with Gasteiger partial charge in [-0.2, -0.15) is 0 Å². The molecule has 0 aliphatic heterocycles. The molecule has 0 bridgehead atoms. The first kappa shape index (κ1) is 14.1. The number of carbonyl (C=O) groups excluding carboxylic acids is 1. The van der Waals surface area contributed by atoms with Gasteiger partial charge in [0.25, 0.3) is 0 Å². The quantitative estimate of drug-likeness (QED) is 0.559. The van der Waals surface area contributed by atoms with E-state index in [0.29, 0.717) is 23.5 Å². The maximum atomic E-state index is 11.9. The summed E-state index contributed by atoms with van der Waals surface area (Å²) >= 11 is 6.71. The van der Waals surface area contributed by atoms with Crippen molar-refractivity contribution < 1.29 is 4.79 Å². The molecular formula is C19H25ClO. The number of rotatable bonds is 0. The van der Waals surface area contributed by atoms with Gasteiger partial charge in [-0.15, -0.1) is 0 Å². The maximum absolute atomic E-state index is 11.9. The lowest BCUT2D eigenvalue weighted by atomic mass is 9.48. The lowest BCUT2D eigenvalue weighted by Crippen LogP contribution is -2.49. The Kier molecular flexibility index (Phi) is 2.99. The second-order valence-electron chi connectivity index (χ2n) is 8.28. The van der Waals surface area contributed by atoms with E-state index in [1.807, 2.05) is 0 Å². The molecule has 0 heterocycles. The second kappa shape index (κ2) is 4.47. The predicted molar refractivity (Wildman–Crippen MR) is 86.0 cm³/mol. The fourth-order valence-electron chi connectivity index (χ4n) is 6.03. The van der Waals surface area contributed by atoms with E-state index in [0.717, 1.165) is 36.1 Å². The molecule has 21 heavy (non-hydrogen) atoms. The van der Waals surface area contributed by atoms with Crippen molar-refractivity contribution in [3.05, 3.63) is 22.8 Å². The van der Waals surface area contributed by atoms with Crippen LogP contribution in [-0.4, -0.2) is 5.78 Å². The van der Waals surface area contributed by atoms with Crippen LogP contribution in [0.2, 0.25) is 0 Å². The fourth-order valence-corrected chi connectivity index (χ4v) is 6.49. The van der Waals surface area contributed by atoms with Crippen molar-refractivity contribution in [3.63, 3.8) is 0 Å². The van der Waals surface area contributed by atoms with E-state index in [-0.39, 0.29) is 5.41 Å². The van der Waals surface area contributed by atoms with Crippen molar-refractivity contribution in [3.8, 4) is 0 Å². The lowest BCUT2D eigenvalue weighted by molar-refractivity contribution is -0.122. The standard InChI is InChI=1S/C19H25ClO/c1-18-7-3-4-14(18)13-11-17(20)16-10-12(21)5-9-19(16,2)15(13)6-8-18/h3,7,13-15H,4-6,8-11H2,1-2H3/t13?,14?,15?,18-,19+/m0/s1. The van der Waals surface area contributed by atoms with E-state index in [1.165, 1.54) is 24.8 Å². The monoisotopic (exact) mass is 304 g/mol. The van der Waals surface area contributed by atoms with Crippen LogP contribution in [0.1, 0.15) is 58.8 Å². The molecule has 0 amide bonds. The molecule has 0 radical (unpaired) electrons. The Bertz CT molecular complexity index is 560. The Morgan fingerprint density at radius 1 is 1.24 bits per heavy atom. The normalized spacial score (nSPS) is 48.9. The van der Waals surface area contributed by atoms with Crippen molar-refractivity contribution in [2.24, 2.45) is 28.6 Å². The summed E-state index contributed by atoms with van der Waals surface area (Å²) in [5.41, 5.74) is 1.89. The third-order valence-corrected chi connectivity index (χ3v) is 7.69. The van der Waals surface area contributed by atoms with E-state index in [1.54, 1.807) is 0 Å². The summed E-state index contributed by atoms with van der Waals surface area (Å²) in [6.45, 7) is 4.84. The van der Waals surface area contributed by atoms with Crippen LogP contribution >= 0.6 is 11.6 Å². The SMILES string of the molecule is C[C@@]12C=CCC1C1CC(Cl)=C3CC(=O)CC[C@]3(C)C1CC2. The van der Waals surface area contributed by atoms with Gasteiger partial charge in [0.05, 0.1) is 0 Å². The minimum atomic E-state index is 0.192. The van der Waals surface area contributed by atoms with Gasteiger partial charge in [-0.25, -0.2) is 0 Å². The van der Waals surface area contributed by atoms with Gasteiger partial charge in [0, 0.05) is 17.9 Å². The number of hydrogen-bond donors (Lipinski definition) is 0. The largest absolute Gasteiger partial charge is 0.299 e. The average Bonchev–Trinajstić information content (AvgIpc) is 2.83. The molecule has 0 aromatic heterocycles. The highest BCUT2D eigenvalue weighted by molar-refractivity contribution is 6.30. The number of Topliss-reactive ketones (excluding diaryl/α,β-unsaturated/α-hetero) is 1. The van der Waals surface area contributed by atoms with Gasteiger partial charge >= 0.3 is 0 Å². The number of fused-ring (bicyclic) bond motifs is 5. The van der Waals surface area contributed by atoms with Crippen LogP contribution in [0.3, 0.4) is 0 Å². The smallest absolute Gasteiger partial charge is 0.137 e. The van der Waals surface area contributed by atoms with Gasteiger partial charge < -0.3 is 0 Å². The first-order valence-corrected chi connectivity index (χ1v) is 8.89. The zero-order valence-electron chi connectivity index (χ0n) is 13.1. The molecule has 2 heteroatoms. The summed E-state index contributed by atoms with van der Waals surface area (Å²) in [7, 11) is 0. The third kappa shape index (κ3) is 1.86. The lowest BCUT2D eigenvalue weighted by Gasteiger charge is -2.57. The Labute approximate surface area is 132 Å². The zero-order valence-corrected chi connectivity index (χ0v) is 13.9. The molecule has 2 saturated carbocycles. The second-order valence-corrected chi connectivity index (χ2v) is 8.74. The third-order valence-electron chi connectivity index (χ3n) is 7.31. The molecule has 3 unspecified atom stereocenters. The number of hydrogen-bond acceptors (Lipinski definition) is 1. The molecule has 4 rings (SSSR count). The Morgan fingerprint density at radius 3 is 2.86 bits per heavy atom. The number of halogens is 1. The molecule has 0 aromatic rings. The predicted octanol–water partition coefficient (Wildman–Crippen LogP) is 5.25. The van der Waals surface area contributed by atoms with Crippen LogP contribution in [0, 0.1) is 28.6 Å². The highest BCUT2D eigenvalue weighted by atomic mass is 35.5. The molecule has 4 aliphatic carbocycles. The molecule has 0 spiro atoms. The molecular weight excluding hydrogens is 280 g/mol. The van der Waals surface area contributed by atoms with E-state index >= 15 is 0 Å². The van der Waals surface area contributed by atoms with E-state index in [2.05, 4.69) is 26.0 Å². The highest BCUT2D eigenvalue weighted by Gasteiger charge is 2.56. The number of carbonyl (C=O) groups is 1. The molecule has 5 atom stereocenters. The summed E-state index contributed by atoms with van der Waals surface area (Å²) < 4.78 is 0.